The number of rotatable bonds is 5. The molecule has 124 valence electrons. The second-order valence-corrected chi connectivity index (χ2v) is 7.46. The van der Waals surface area contributed by atoms with Gasteiger partial charge in [-0.25, -0.2) is 0 Å². The van der Waals surface area contributed by atoms with E-state index in [2.05, 4.69) is 10.00 Å². The van der Waals surface area contributed by atoms with Crippen LogP contribution in [0.25, 0.3) is 0 Å². The fraction of sp³-hybridized carbons (Fsp3) is 0.769. The zero-order valence-corrected chi connectivity index (χ0v) is 13.5. The summed E-state index contributed by atoms with van der Waals surface area (Å²) in [6.07, 6.45) is 3.71. The van der Waals surface area contributed by atoms with Crippen molar-refractivity contribution in [3.05, 3.63) is 18.5 Å². The molecule has 0 spiro atoms. The van der Waals surface area contributed by atoms with Crippen LogP contribution in [0.15, 0.2) is 18.5 Å². The molecule has 2 aliphatic rings. The van der Waals surface area contributed by atoms with Gasteiger partial charge in [0.2, 0.25) is 0 Å². The molecule has 1 aromatic rings. The van der Waals surface area contributed by atoms with E-state index >= 15 is 0 Å². The van der Waals surface area contributed by atoms with Crippen molar-refractivity contribution in [2.45, 2.75) is 6.54 Å². The van der Waals surface area contributed by atoms with E-state index in [-0.39, 0.29) is 0 Å². The first-order valence-electron chi connectivity index (χ1n) is 7.69. The van der Waals surface area contributed by atoms with Crippen molar-refractivity contribution in [1.82, 2.24) is 23.3 Å². The molecule has 0 N–H and O–H groups in total. The maximum Gasteiger partial charge on any atom is 0.282 e. The molecule has 22 heavy (non-hydrogen) atoms. The van der Waals surface area contributed by atoms with Crippen molar-refractivity contribution in [1.29, 1.82) is 0 Å². The van der Waals surface area contributed by atoms with Crippen molar-refractivity contribution in [2.24, 2.45) is 0 Å². The molecule has 0 radical (unpaired) electrons. The van der Waals surface area contributed by atoms with E-state index in [0.29, 0.717) is 39.4 Å². The minimum absolute atomic E-state index is 0.460. The Bertz CT molecular complexity index is 548. The van der Waals surface area contributed by atoms with Crippen LogP contribution in [-0.2, 0) is 21.5 Å². The third kappa shape index (κ3) is 3.66. The Morgan fingerprint density at radius 2 is 1.64 bits per heavy atom. The van der Waals surface area contributed by atoms with Crippen molar-refractivity contribution >= 4 is 10.2 Å². The van der Waals surface area contributed by atoms with Crippen LogP contribution in [-0.4, -0.2) is 90.7 Å². The quantitative estimate of drug-likeness (QED) is 0.699. The highest BCUT2D eigenvalue weighted by Gasteiger charge is 2.33. The summed E-state index contributed by atoms with van der Waals surface area (Å²) in [4.78, 5) is 2.28. The highest BCUT2D eigenvalue weighted by molar-refractivity contribution is 7.86. The van der Waals surface area contributed by atoms with Crippen LogP contribution in [0.5, 0.6) is 0 Å². The summed E-state index contributed by atoms with van der Waals surface area (Å²) < 4.78 is 35.4. The zero-order chi connectivity index (χ0) is 15.4. The summed E-state index contributed by atoms with van der Waals surface area (Å²) in [5.41, 5.74) is 0. The topological polar surface area (TPSA) is 70.9 Å². The van der Waals surface area contributed by atoms with E-state index in [4.69, 9.17) is 4.74 Å². The van der Waals surface area contributed by atoms with Crippen molar-refractivity contribution in [2.75, 3.05) is 59.0 Å². The van der Waals surface area contributed by atoms with Crippen LogP contribution in [0.3, 0.4) is 0 Å². The lowest BCUT2D eigenvalue weighted by atomic mass is 10.3. The summed E-state index contributed by atoms with van der Waals surface area (Å²) in [6.45, 7) is 6.28. The highest BCUT2D eigenvalue weighted by Crippen LogP contribution is 2.13. The molecular weight excluding hydrogens is 306 g/mol. The average molecular weight is 329 g/mol. The molecule has 2 fully saturated rings. The molecule has 9 heteroatoms. The van der Waals surface area contributed by atoms with Crippen molar-refractivity contribution in [3.63, 3.8) is 0 Å². The van der Waals surface area contributed by atoms with Gasteiger partial charge in [-0.3, -0.25) is 9.58 Å². The van der Waals surface area contributed by atoms with Gasteiger partial charge in [-0.2, -0.15) is 22.1 Å². The predicted molar refractivity (Wildman–Crippen MR) is 81.6 cm³/mol. The lowest BCUT2D eigenvalue weighted by molar-refractivity contribution is 0.0684. The maximum absolute atomic E-state index is 12.6. The van der Waals surface area contributed by atoms with Gasteiger partial charge in [-0.05, 0) is 6.07 Å². The largest absolute Gasteiger partial charge is 0.379 e. The van der Waals surface area contributed by atoms with Gasteiger partial charge in [-0.1, -0.05) is 0 Å². The van der Waals surface area contributed by atoms with E-state index in [0.717, 1.165) is 26.2 Å². The Morgan fingerprint density at radius 1 is 0.955 bits per heavy atom. The Hall–Kier alpha value is -1.00. The predicted octanol–water partition coefficient (Wildman–Crippen LogP) is -0.922. The lowest BCUT2D eigenvalue weighted by Crippen LogP contribution is -2.55. The standard InChI is InChI=1S/C13H23N5O3S/c19-22(20,18-10-12-21-13-11-18)17-8-5-15(6-9-17)4-7-16-3-1-2-14-16/h1-3H,4-13H2. The van der Waals surface area contributed by atoms with E-state index in [1.54, 1.807) is 10.5 Å². The van der Waals surface area contributed by atoms with Gasteiger partial charge in [0, 0.05) is 58.2 Å². The molecule has 2 saturated heterocycles. The van der Waals surface area contributed by atoms with Gasteiger partial charge in [0.05, 0.1) is 19.8 Å². The minimum Gasteiger partial charge on any atom is -0.379 e. The first-order valence-corrected chi connectivity index (χ1v) is 9.09. The molecule has 0 aliphatic carbocycles. The van der Waals surface area contributed by atoms with Crippen LogP contribution < -0.4 is 0 Å². The zero-order valence-electron chi connectivity index (χ0n) is 12.7. The summed E-state index contributed by atoms with van der Waals surface area (Å²) in [5, 5.41) is 4.18. The first kappa shape index (κ1) is 15.9. The maximum atomic E-state index is 12.6. The molecule has 0 atom stereocenters. The molecule has 0 aromatic carbocycles. The molecule has 8 nitrogen and oxygen atoms in total. The van der Waals surface area contributed by atoms with Gasteiger partial charge in [0.1, 0.15) is 0 Å². The Balaban J connectivity index is 1.48. The highest BCUT2D eigenvalue weighted by atomic mass is 32.2. The van der Waals surface area contributed by atoms with E-state index in [1.807, 2.05) is 16.9 Å². The third-order valence-corrected chi connectivity index (χ3v) is 6.19. The fourth-order valence-corrected chi connectivity index (χ4v) is 4.36. The van der Waals surface area contributed by atoms with Crippen LogP contribution in [0, 0.1) is 0 Å². The summed E-state index contributed by atoms with van der Waals surface area (Å²) >= 11 is 0. The molecular formula is C13H23N5O3S. The van der Waals surface area contributed by atoms with Gasteiger partial charge in [0.25, 0.3) is 10.2 Å². The number of aromatic nitrogens is 2. The van der Waals surface area contributed by atoms with Gasteiger partial charge in [-0.15, -0.1) is 0 Å². The Labute approximate surface area is 131 Å². The number of hydrogen-bond acceptors (Lipinski definition) is 5. The van der Waals surface area contributed by atoms with Crippen molar-refractivity contribution in [3.8, 4) is 0 Å². The van der Waals surface area contributed by atoms with Crippen LogP contribution in [0.1, 0.15) is 0 Å². The Kier molecular flexibility index (Phi) is 5.09. The van der Waals surface area contributed by atoms with E-state index in [9.17, 15) is 8.42 Å². The second-order valence-electron chi connectivity index (χ2n) is 5.53. The van der Waals surface area contributed by atoms with E-state index < -0.39 is 10.2 Å². The number of hydrogen-bond donors (Lipinski definition) is 0. The molecule has 0 unspecified atom stereocenters. The number of piperazine rings is 1. The number of ether oxygens (including phenoxy) is 1. The molecule has 3 rings (SSSR count). The molecule has 0 amide bonds. The molecule has 3 heterocycles. The van der Waals surface area contributed by atoms with Gasteiger partial charge < -0.3 is 4.74 Å². The van der Waals surface area contributed by atoms with Crippen LogP contribution in [0.4, 0.5) is 0 Å². The SMILES string of the molecule is O=S(=O)(N1CCOCC1)N1CCN(CCn2cccn2)CC1. The number of morpholine rings is 1. The van der Waals surface area contributed by atoms with Crippen LogP contribution >= 0.6 is 0 Å². The lowest BCUT2D eigenvalue weighted by Gasteiger charge is -2.37. The Morgan fingerprint density at radius 3 is 2.27 bits per heavy atom. The normalized spacial score (nSPS) is 22.9. The summed E-state index contributed by atoms with van der Waals surface area (Å²) in [7, 11) is -3.32. The number of nitrogens with zero attached hydrogens (tertiary/aromatic N) is 5. The average Bonchev–Trinajstić information content (AvgIpc) is 3.08. The summed E-state index contributed by atoms with van der Waals surface area (Å²) in [5.74, 6) is 0. The molecule has 2 aliphatic heterocycles. The summed E-state index contributed by atoms with van der Waals surface area (Å²) in [6, 6.07) is 1.91. The first-order chi connectivity index (χ1) is 10.7. The van der Waals surface area contributed by atoms with Gasteiger partial charge in [0.15, 0.2) is 0 Å². The fourth-order valence-electron chi connectivity index (χ4n) is 2.80. The van der Waals surface area contributed by atoms with Crippen molar-refractivity contribution < 1.29 is 13.2 Å². The third-order valence-electron chi connectivity index (χ3n) is 4.16. The van der Waals surface area contributed by atoms with Crippen LogP contribution in [0.2, 0.25) is 0 Å². The monoisotopic (exact) mass is 329 g/mol. The molecule has 0 bridgehead atoms. The minimum atomic E-state index is -3.32. The molecule has 1 aromatic heterocycles. The van der Waals surface area contributed by atoms with E-state index in [1.165, 1.54) is 4.31 Å². The second kappa shape index (κ2) is 7.05. The van der Waals surface area contributed by atoms with Gasteiger partial charge >= 0.3 is 0 Å². The molecule has 0 saturated carbocycles. The smallest absolute Gasteiger partial charge is 0.282 e.